The number of rotatable bonds is 4. The van der Waals surface area contributed by atoms with Crippen LogP contribution in [-0.2, 0) is 24.8 Å². The first-order valence-electron chi connectivity index (χ1n) is 5.10. The van der Waals surface area contributed by atoms with E-state index in [0.717, 1.165) is 0 Å². The van der Waals surface area contributed by atoms with Gasteiger partial charge in [0.2, 0.25) is 0 Å². The topological polar surface area (TPSA) is 60.4 Å². The van der Waals surface area contributed by atoms with Gasteiger partial charge in [-0.05, 0) is 23.8 Å². The lowest BCUT2D eigenvalue weighted by Gasteiger charge is -2.08. The van der Waals surface area contributed by atoms with Crippen molar-refractivity contribution in [1.29, 1.82) is 0 Å². The lowest BCUT2D eigenvalue weighted by Crippen LogP contribution is -2.18. The van der Waals surface area contributed by atoms with Gasteiger partial charge in [0, 0.05) is 10.0 Å². The van der Waals surface area contributed by atoms with E-state index in [9.17, 15) is 13.2 Å². The highest BCUT2D eigenvalue weighted by Gasteiger charge is 2.20. The number of carbonyl (C=O) groups is 1. The Hall–Kier alpha value is -0.780. The van der Waals surface area contributed by atoms with Gasteiger partial charge in [0.15, 0.2) is 0 Å². The fourth-order valence-corrected chi connectivity index (χ4v) is 2.80. The standard InChI is InChI=1S/C11H12Cl2O4S/c1-7(2)11(14)17-18(15,16)6-8-3-9(12)5-10(13)4-8/h3-5,7H,6H2,1-2H3. The first-order chi connectivity index (χ1) is 8.19. The van der Waals surface area contributed by atoms with Gasteiger partial charge >= 0.3 is 16.1 Å². The maximum atomic E-state index is 11.6. The van der Waals surface area contributed by atoms with Crippen molar-refractivity contribution in [2.24, 2.45) is 5.92 Å². The van der Waals surface area contributed by atoms with Crippen molar-refractivity contribution in [2.45, 2.75) is 19.6 Å². The van der Waals surface area contributed by atoms with Crippen molar-refractivity contribution >= 4 is 39.3 Å². The Bertz CT molecular complexity index is 532. The predicted octanol–water partition coefficient (Wildman–Crippen LogP) is 3.02. The molecule has 0 amide bonds. The molecule has 0 unspecified atom stereocenters. The van der Waals surface area contributed by atoms with Gasteiger partial charge in [-0.15, -0.1) is 0 Å². The van der Waals surface area contributed by atoms with Crippen LogP contribution in [0.2, 0.25) is 10.0 Å². The van der Waals surface area contributed by atoms with Crippen LogP contribution >= 0.6 is 23.2 Å². The Kier molecular flexibility index (Phi) is 5.01. The van der Waals surface area contributed by atoms with Gasteiger partial charge in [0.25, 0.3) is 0 Å². The summed E-state index contributed by atoms with van der Waals surface area (Å²) in [5, 5.41) is 0.644. The van der Waals surface area contributed by atoms with Crippen LogP contribution in [0.15, 0.2) is 18.2 Å². The third-order valence-electron chi connectivity index (χ3n) is 1.95. The maximum absolute atomic E-state index is 11.6. The molecule has 0 bridgehead atoms. The third kappa shape index (κ3) is 4.84. The van der Waals surface area contributed by atoms with E-state index in [4.69, 9.17) is 23.2 Å². The van der Waals surface area contributed by atoms with Gasteiger partial charge in [0.05, 0.1) is 5.92 Å². The van der Waals surface area contributed by atoms with E-state index in [1.54, 1.807) is 13.8 Å². The molecule has 0 N–H and O–H groups in total. The minimum Gasteiger partial charge on any atom is -0.345 e. The SMILES string of the molecule is CC(C)C(=O)OS(=O)(=O)Cc1cc(Cl)cc(Cl)c1. The van der Waals surface area contributed by atoms with E-state index < -0.39 is 27.8 Å². The molecule has 100 valence electrons. The van der Waals surface area contributed by atoms with Crippen LogP contribution in [0.25, 0.3) is 0 Å². The Morgan fingerprint density at radius 3 is 2.17 bits per heavy atom. The zero-order valence-corrected chi connectivity index (χ0v) is 12.1. The van der Waals surface area contributed by atoms with Crippen LogP contribution < -0.4 is 0 Å². The predicted molar refractivity (Wildman–Crippen MR) is 70.0 cm³/mol. The van der Waals surface area contributed by atoms with E-state index in [-0.39, 0.29) is 0 Å². The molecule has 0 radical (unpaired) electrons. The molecule has 0 saturated heterocycles. The van der Waals surface area contributed by atoms with E-state index in [2.05, 4.69) is 4.18 Å². The summed E-state index contributed by atoms with van der Waals surface area (Å²) in [6, 6.07) is 4.39. The second-order valence-electron chi connectivity index (χ2n) is 4.04. The minimum absolute atomic E-state index is 0.322. The molecule has 0 heterocycles. The van der Waals surface area contributed by atoms with Gasteiger partial charge in [-0.1, -0.05) is 37.0 Å². The summed E-state index contributed by atoms with van der Waals surface area (Å²) in [5.41, 5.74) is 0.365. The largest absolute Gasteiger partial charge is 0.345 e. The zero-order valence-electron chi connectivity index (χ0n) is 9.81. The number of carbonyl (C=O) groups excluding carboxylic acids is 1. The third-order valence-corrected chi connectivity index (χ3v) is 3.49. The molecule has 7 heteroatoms. The molecule has 0 spiro atoms. The van der Waals surface area contributed by atoms with Gasteiger partial charge in [-0.2, -0.15) is 8.42 Å². The molecule has 0 saturated carbocycles. The van der Waals surface area contributed by atoms with Gasteiger partial charge in [0.1, 0.15) is 5.75 Å². The van der Waals surface area contributed by atoms with Crippen molar-refractivity contribution in [3.05, 3.63) is 33.8 Å². The van der Waals surface area contributed by atoms with Crippen molar-refractivity contribution in [3.63, 3.8) is 0 Å². The molecule has 0 aliphatic rings. The van der Waals surface area contributed by atoms with Crippen molar-refractivity contribution in [1.82, 2.24) is 0 Å². The lowest BCUT2D eigenvalue weighted by molar-refractivity contribution is -0.137. The van der Waals surface area contributed by atoms with Crippen LogP contribution in [0.1, 0.15) is 19.4 Å². The number of hydrogen-bond acceptors (Lipinski definition) is 4. The monoisotopic (exact) mass is 310 g/mol. The molecule has 0 fully saturated rings. The quantitative estimate of drug-likeness (QED) is 0.802. The molecular weight excluding hydrogens is 299 g/mol. The molecule has 0 aliphatic carbocycles. The molecule has 0 aliphatic heterocycles. The number of hydrogen-bond donors (Lipinski definition) is 0. The minimum atomic E-state index is -3.98. The fourth-order valence-electron chi connectivity index (χ4n) is 1.15. The first kappa shape index (κ1) is 15.3. The number of benzene rings is 1. The smallest absolute Gasteiger partial charge is 0.324 e. The summed E-state index contributed by atoms with van der Waals surface area (Å²) in [6.07, 6.45) is 0. The Labute approximate surface area is 116 Å². The molecule has 1 aromatic carbocycles. The average molecular weight is 311 g/mol. The summed E-state index contributed by atoms with van der Waals surface area (Å²) < 4.78 is 27.6. The van der Waals surface area contributed by atoms with E-state index in [0.29, 0.717) is 15.6 Å². The zero-order chi connectivity index (χ0) is 13.9. The maximum Gasteiger partial charge on any atom is 0.324 e. The summed E-state index contributed by atoms with van der Waals surface area (Å²) in [5.74, 6) is -1.75. The molecule has 4 nitrogen and oxygen atoms in total. The fraction of sp³-hybridized carbons (Fsp3) is 0.364. The molecule has 1 aromatic rings. The second-order valence-corrected chi connectivity index (χ2v) is 6.48. The van der Waals surface area contributed by atoms with Crippen molar-refractivity contribution in [3.8, 4) is 0 Å². The van der Waals surface area contributed by atoms with Crippen LogP contribution in [0.4, 0.5) is 0 Å². The van der Waals surface area contributed by atoms with Gasteiger partial charge in [-0.3, -0.25) is 4.79 Å². The van der Waals surface area contributed by atoms with E-state index >= 15 is 0 Å². The summed E-state index contributed by atoms with van der Waals surface area (Å²) in [4.78, 5) is 11.2. The Balaban J connectivity index is 2.86. The molecule has 0 atom stereocenters. The second kappa shape index (κ2) is 5.91. The Morgan fingerprint density at radius 2 is 1.72 bits per heavy atom. The molecule has 0 aromatic heterocycles. The van der Waals surface area contributed by atoms with Gasteiger partial charge in [-0.25, -0.2) is 0 Å². The van der Waals surface area contributed by atoms with Crippen LogP contribution in [-0.4, -0.2) is 14.4 Å². The van der Waals surface area contributed by atoms with Gasteiger partial charge < -0.3 is 4.18 Å². The van der Waals surface area contributed by atoms with Crippen molar-refractivity contribution < 1.29 is 17.4 Å². The summed E-state index contributed by atoms with van der Waals surface area (Å²) in [7, 11) is -3.98. The highest BCUT2D eigenvalue weighted by Crippen LogP contribution is 2.21. The first-order valence-corrected chi connectivity index (χ1v) is 7.44. The van der Waals surface area contributed by atoms with Crippen LogP contribution in [0, 0.1) is 5.92 Å². The Morgan fingerprint density at radius 1 is 1.22 bits per heavy atom. The molecular formula is C11H12Cl2O4S. The molecule has 18 heavy (non-hydrogen) atoms. The van der Waals surface area contributed by atoms with E-state index in [1.165, 1.54) is 18.2 Å². The summed E-state index contributed by atoms with van der Waals surface area (Å²) >= 11 is 11.5. The number of halogens is 2. The highest BCUT2D eigenvalue weighted by molar-refractivity contribution is 7.86. The molecule has 1 rings (SSSR count). The average Bonchev–Trinajstić information content (AvgIpc) is 2.13. The summed E-state index contributed by atoms with van der Waals surface area (Å²) in [6.45, 7) is 3.10. The highest BCUT2D eigenvalue weighted by atomic mass is 35.5. The van der Waals surface area contributed by atoms with Crippen LogP contribution in [0.3, 0.4) is 0 Å². The normalized spacial score (nSPS) is 11.6. The lowest BCUT2D eigenvalue weighted by atomic mass is 10.2. The van der Waals surface area contributed by atoms with Crippen LogP contribution in [0.5, 0.6) is 0 Å². The van der Waals surface area contributed by atoms with Crippen molar-refractivity contribution in [2.75, 3.05) is 0 Å². The van der Waals surface area contributed by atoms with E-state index in [1.807, 2.05) is 0 Å².